The number of H-pyrrole nitrogens is 1. The van der Waals surface area contributed by atoms with Crippen molar-refractivity contribution in [2.24, 2.45) is 0 Å². The van der Waals surface area contributed by atoms with Gasteiger partial charge in [-0.2, -0.15) is 0 Å². The number of aromatic amines is 1. The molecule has 1 fully saturated rings. The molecule has 1 amide bonds. The van der Waals surface area contributed by atoms with Crippen LogP contribution in [-0.2, 0) is 0 Å². The van der Waals surface area contributed by atoms with E-state index >= 15 is 0 Å². The number of hydrogen-bond donors (Lipinski definition) is 2. The number of rotatable bonds is 1. The minimum Gasteiger partial charge on any atom is -0.334 e. The number of quaternary nitrogens is 1. The number of aromatic nitrogens is 1. The molecule has 0 spiro atoms. The van der Waals surface area contributed by atoms with E-state index in [4.69, 9.17) is 0 Å². The van der Waals surface area contributed by atoms with Gasteiger partial charge in [0.15, 0.2) is 0 Å². The maximum absolute atomic E-state index is 12.8. The van der Waals surface area contributed by atoms with Crippen LogP contribution in [-0.4, -0.2) is 49.0 Å². The molecule has 3 heterocycles. The molecule has 5 nitrogen and oxygen atoms in total. The van der Waals surface area contributed by atoms with Crippen LogP contribution in [0, 0.1) is 6.92 Å². The molecule has 1 saturated heterocycles. The number of carbonyl (C=O) groups is 1. The number of piperazine rings is 1. The Morgan fingerprint density at radius 2 is 1.96 bits per heavy atom. The van der Waals surface area contributed by atoms with Crippen LogP contribution in [0.25, 0.3) is 21.0 Å². The topological polar surface area (TPSA) is 57.6 Å². The fourth-order valence-electron chi connectivity index (χ4n) is 3.26. The molecule has 2 aromatic heterocycles. The monoisotopic (exact) mass is 342 g/mol. The summed E-state index contributed by atoms with van der Waals surface area (Å²) in [4.78, 5) is 32.1. The standard InChI is InChI=1S/C18H19N3O2S/c1-11-3-4-14-12(9-11)16-13(17(22)19-14)10-15(24-16)18(23)21-7-5-20(2)6-8-21/h3-4,9-10H,5-8H2,1-2H3,(H,19,22)/p+1. The minimum absolute atomic E-state index is 0.0453. The van der Waals surface area contributed by atoms with Crippen molar-refractivity contribution in [1.82, 2.24) is 9.88 Å². The lowest BCUT2D eigenvalue weighted by molar-refractivity contribution is -0.883. The molecule has 124 valence electrons. The lowest BCUT2D eigenvalue weighted by Crippen LogP contribution is -3.12. The van der Waals surface area contributed by atoms with Gasteiger partial charge in [0, 0.05) is 15.6 Å². The molecule has 0 bridgehead atoms. The third-order valence-corrected chi connectivity index (χ3v) is 5.92. The first kappa shape index (κ1) is 15.4. The van der Waals surface area contributed by atoms with Crippen molar-refractivity contribution in [2.45, 2.75) is 6.92 Å². The molecule has 4 rings (SSSR count). The number of hydrogen-bond acceptors (Lipinski definition) is 3. The molecule has 0 saturated carbocycles. The zero-order valence-corrected chi connectivity index (χ0v) is 14.6. The van der Waals surface area contributed by atoms with Crippen molar-refractivity contribution in [3.05, 3.63) is 45.1 Å². The Labute approximate surface area is 143 Å². The van der Waals surface area contributed by atoms with Crippen LogP contribution in [0.2, 0.25) is 0 Å². The van der Waals surface area contributed by atoms with E-state index in [9.17, 15) is 9.59 Å². The van der Waals surface area contributed by atoms with Gasteiger partial charge >= 0.3 is 0 Å². The largest absolute Gasteiger partial charge is 0.334 e. The third-order valence-electron chi connectivity index (χ3n) is 4.76. The van der Waals surface area contributed by atoms with E-state index in [2.05, 4.69) is 18.1 Å². The van der Waals surface area contributed by atoms with E-state index in [1.54, 1.807) is 6.07 Å². The Balaban J connectivity index is 1.81. The zero-order valence-electron chi connectivity index (χ0n) is 13.8. The average molecular weight is 342 g/mol. The van der Waals surface area contributed by atoms with Gasteiger partial charge in [0.1, 0.15) is 0 Å². The Morgan fingerprint density at radius 1 is 1.21 bits per heavy atom. The number of carbonyl (C=O) groups excluding carboxylic acids is 1. The summed E-state index contributed by atoms with van der Waals surface area (Å²) in [6.07, 6.45) is 0. The molecule has 24 heavy (non-hydrogen) atoms. The van der Waals surface area contributed by atoms with E-state index in [1.165, 1.54) is 16.2 Å². The highest BCUT2D eigenvalue weighted by Gasteiger charge is 2.24. The van der Waals surface area contributed by atoms with E-state index in [0.29, 0.717) is 10.3 Å². The van der Waals surface area contributed by atoms with Crippen LogP contribution in [0.5, 0.6) is 0 Å². The zero-order chi connectivity index (χ0) is 16.8. The second-order valence-corrected chi connectivity index (χ2v) is 7.66. The number of likely N-dealkylation sites (N-methyl/N-ethyl adjacent to an activating group) is 1. The normalized spacial score (nSPS) is 16.2. The van der Waals surface area contributed by atoms with Crippen molar-refractivity contribution >= 4 is 38.2 Å². The third kappa shape index (κ3) is 2.52. The lowest BCUT2D eigenvalue weighted by Gasteiger charge is -2.29. The quantitative estimate of drug-likeness (QED) is 0.694. The maximum atomic E-state index is 12.8. The molecule has 0 radical (unpaired) electrons. The summed E-state index contributed by atoms with van der Waals surface area (Å²) in [5.74, 6) is 0.0453. The van der Waals surface area contributed by atoms with Gasteiger partial charge in [-0.05, 0) is 25.1 Å². The summed E-state index contributed by atoms with van der Waals surface area (Å²) in [6.45, 7) is 5.52. The highest BCUT2D eigenvalue weighted by atomic mass is 32.1. The summed E-state index contributed by atoms with van der Waals surface area (Å²) in [6, 6.07) is 7.73. The van der Waals surface area contributed by atoms with Crippen molar-refractivity contribution in [3.63, 3.8) is 0 Å². The number of pyridine rings is 1. The summed E-state index contributed by atoms with van der Waals surface area (Å²) < 4.78 is 0.903. The van der Waals surface area contributed by atoms with Crippen LogP contribution in [0.15, 0.2) is 29.1 Å². The number of aryl methyl sites for hydroxylation is 1. The molecular formula is C18H20N3O2S+. The number of amides is 1. The summed E-state index contributed by atoms with van der Waals surface area (Å²) in [7, 11) is 2.15. The smallest absolute Gasteiger partial charge is 0.264 e. The first-order valence-corrected chi connectivity index (χ1v) is 9.01. The second-order valence-electron chi connectivity index (χ2n) is 6.61. The Kier molecular flexibility index (Phi) is 3.66. The SMILES string of the molecule is Cc1ccc2[nH]c(=O)c3cc(C(=O)N4CC[NH+](C)CC4)sc3c2c1. The van der Waals surface area contributed by atoms with Crippen LogP contribution in [0.4, 0.5) is 0 Å². The lowest BCUT2D eigenvalue weighted by atomic mass is 10.1. The van der Waals surface area contributed by atoms with Gasteiger partial charge in [-0.25, -0.2) is 0 Å². The van der Waals surface area contributed by atoms with Crippen molar-refractivity contribution in [3.8, 4) is 0 Å². The van der Waals surface area contributed by atoms with Gasteiger partial charge in [-0.1, -0.05) is 11.6 Å². The summed E-state index contributed by atoms with van der Waals surface area (Å²) >= 11 is 1.43. The predicted molar refractivity (Wildman–Crippen MR) is 97.2 cm³/mol. The molecule has 2 N–H and O–H groups in total. The summed E-state index contributed by atoms with van der Waals surface area (Å²) in [5, 5.41) is 1.62. The summed E-state index contributed by atoms with van der Waals surface area (Å²) in [5.41, 5.74) is 1.83. The molecule has 0 aliphatic carbocycles. The number of fused-ring (bicyclic) bond motifs is 3. The van der Waals surface area contributed by atoms with Crippen LogP contribution in [0.3, 0.4) is 0 Å². The van der Waals surface area contributed by atoms with Gasteiger partial charge in [0.25, 0.3) is 11.5 Å². The van der Waals surface area contributed by atoms with Crippen molar-refractivity contribution in [2.75, 3.05) is 33.2 Å². The first-order chi connectivity index (χ1) is 11.5. The average Bonchev–Trinajstić information content (AvgIpc) is 3.02. The molecule has 1 aromatic carbocycles. The van der Waals surface area contributed by atoms with E-state index in [1.807, 2.05) is 24.0 Å². The Morgan fingerprint density at radius 3 is 2.71 bits per heavy atom. The number of nitrogens with one attached hydrogen (secondary N) is 2. The predicted octanol–water partition coefficient (Wildman–Crippen LogP) is 1.02. The number of nitrogens with zero attached hydrogens (tertiary/aromatic N) is 1. The van der Waals surface area contributed by atoms with Gasteiger partial charge < -0.3 is 14.8 Å². The second kappa shape index (κ2) is 5.72. The van der Waals surface area contributed by atoms with Gasteiger partial charge in [0.05, 0.1) is 43.5 Å². The molecule has 3 aromatic rings. The first-order valence-electron chi connectivity index (χ1n) is 8.20. The molecular weight excluding hydrogens is 322 g/mol. The van der Waals surface area contributed by atoms with Crippen molar-refractivity contribution in [1.29, 1.82) is 0 Å². The molecule has 1 aliphatic heterocycles. The van der Waals surface area contributed by atoms with Crippen LogP contribution >= 0.6 is 11.3 Å². The van der Waals surface area contributed by atoms with Crippen LogP contribution < -0.4 is 10.5 Å². The Hall–Kier alpha value is -2.18. The molecule has 0 unspecified atom stereocenters. The van der Waals surface area contributed by atoms with Crippen LogP contribution in [0.1, 0.15) is 15.2 Å². The Bertz CT molecular complexity index is 997. The van der Waals surface area contributed by atoms with E-state index in [-0.39, 0.29) is 11.5 Å². The van der Waals surface area contributed by atoms with Crippen molar-refractivity contribution < 1.29 is 9.69 Å². The minimum atomic E-state index is -0.125. The maximum Gasteiger partial charge on any atom is 0.264 e. The fraction of sp³-hybridized carbons (Fsp3) is 0.333. The highest BCUT2D eigenvalue weighted by molar-refractivity contribution is 7.21. The molecule has 6 heteroatoms. The number of benzene rings is 1. The molecule has 0 atom stereocenters. The van der Waals surface area contributed by atoms with E-state index in [0.717, 1.165) is 47.3 Å². The number of thiophene rings is 1. The fourth-order valence-corrected chi connectivity index (χ4v) is 4.41. The van der Waals surface area contributed by atoms with E-state index < -0.39 is 0 Å². The van der Waals surface area contributed by atoms with Gasteiger partial charge in [-0.15, -0.1) is 11.3 Å². The highest BCUT2D eigenvalue weighted by Crippen LogP contribution is 2.30. The molecule has 1 aliphatic rings. The van der Waals surface area contributed by atoms with Gasteiger partial charge in [-0.3, -0.25) is 9.59 Å². The van der Waals surface area contributed by atoms with Gasteiger partial charge in [0.2, 0.25) is 0 Å².